The van der Waals surface area contributed by atoms with E-state index in [9.17, 15) is 15.0 Å². The number of aliphatic hydroxyl groups excluding tert-OH is 2. The van der Waals surface area contributed by atoms with Crippen LogP contribution in [0.15, 0.2) is 36.9 Å². The number of nitrogens with zero attached hydrogens (tertiary/aromatic N) is 4. The normalized spacial score (nSPS) is 24.0. The highest BCUT2D eigenvalue weighted by Crippen LogP contribution is 2.32. The number of rotatable bonds is 5. The van der Waals surface area contributed by atoms with Crippen LogP contribution in [0.3, 0.4) is 0 Å². The SMILES string of the molecule is CNC(=O)[C@H]1O[C@@H](n2cnc3c(NCc4ccc(N)cc4)ncnc32)[C@H](O)C1O. The van der Waals surface area contributed by atoms with Crippen molar-refractivity contribution in [3.63, 3.8) is 0 Å². The molecular weight excluding hydrogens is 378 g/mol. The Morgan fingerprint density at radius 1 is 1.21 bits per heavy atom. The fraction of sp³-hybridized carbons (Fsp3) is 0.333. The predicted octanol–water partition coefficient (Wildman–Crippen LogP) is -0.614. The summed E-state index contributed by atoms with van der Waals surface area (Å²) in [5, 5.41) is 26.1. The molecule has 1 aromatic carbocycles. The first kappa shape index (κ1) is 19.1. The Hall–Kier alpha value is -3.28. The number of aromatic nitrogens is 4. The van der Waals surface area contributed by atoms with Gasteiger partial charge in [-0.15, -0.1) is 0 Å². The van der Waals surface area contributed by atoms with Crippen molar-refractivity contribution < 1.29 is 19.7 Å². The summed E-state index contributed by atoms with van der Waals surface area (Å²) in [4.78, 5) is 24.6. The predicted molar refractivity (Wildman–Crippen MR) is 103 cm³/mol. The summed E-state index contributed by atoms with van der Waals surface area (Å²) in [5.74, 6) is -0.0228. The van der Waals surface area contributed by atoms with Gasteiger partial charge in [-0.05, 0) is 17.7 Å². The van der Waals surface area contributed by atoms with Crippen molar-refractivity contribution in [1.82, 2.24) is 24.8 Å². The summed E-state index contributed by atoms with van der Waals surface area (Å²) < 4.78 is 7.06. The van der Waals surface area contributed by atoms with Crippen molar-refractivity contribution in [2.45, 2.75) is 31.1 Å². The number of benzene rings is 1. The fourth-order valence-electron chi connectivity index (χ4n) is 3.24. The van der Waals surface area contributed by atoms with E-state index in [0.717, 1.165) is 5.56 Å². The van der Waals surface area contributed by atoms with Crippen LogP contribution in [0, 0.1) is 0 Å². The molecule has 3 heterocycles. The molecule has 6 N–H and O–H groups in total. The highest BCUT2D eigenvalue weighted by molar-refractivity contribution is 5.83. The van der Waals surface area contributed by atoms with E-state index >= 15 is 0 Å². The minimum absolute atomic E-state index is 0.397. The molecule has 0 radical (unpaired) electrons. The molecule has 4 atom stereocenters. The van der Waals surface area contributed by atoms with E-state index < -0.39 is 30.4 Å². The van der Waals surface area contributed by atoms with E-state index in [4.69, 9.17) is 10.5 Å². The molecule has 0 bridgehead atoms. The number of hydrogen-bond donors (Lipinski definition) is 5. The lowest BCUT2D eigenvalue weighted by Gasteiger charge is -2.16. The summed E-state index contributed by atoms with van der Waals surface area (Å²) in [6.45, 7) is 0.499. The monoisotopic (exact) mass is 399 g/mol. The van der Waals surface area contributed by atoms with E-state index in [1.54, 1.807) is 0 Å². The van der Waals surface area contributed by atoms with E-state index in [2.05, 4.69) is 25.6 Å². The Bertz CT molecular complexity index is 1020. The van der Waals surface area contributed by atoms with E-state index in [1.807, 2.05) is 24.3 Å². The number of nitrogens with two attached hydrogens (primary N) is 1. The first-order chi connectivity index (χ1) is 14.0. The van der Waals surface area contributed by atoms with Crippen molar-refractivity contribution in [2.24, 2.45) is 0 Å². The lowest BCUT2D eigenvalue weighted by atomic mass is 10.1. The van der Waals surface area contributed by atoms with Gasteiger partial charge in [0.2, 0.25) is 0 Å². The van der Waals surface area contributed by atoms with Gasteiger partial charge >= 0.3 is 0 Å². The average Bonchev–Trinajstić information content (AvgIpc) is 3.29. The second kappa shape index (κ2) is 7.62. The van der Waals surface area contributed by atoms with Gasteiger partial charge in [-0.25, -0.2) is 15.0 Å². The number of amides is 1. The number of likely N-dealkylation sites (N-methyl/N-ethyl adjacent to an activating group) is 1. The van der Waals surface area contributed by atoms with Gasteiger partial charge < -0.3 is 31.3 Å². The number of carbonyl (C=O) groups excluding carboxylic acids is 1. The molecule has 11 heteroatoms. The largest absolute Gasteiger partial charge is 0.399 e. The lowest BCUT2D eigenvalue weighted by molar-refractivity contribution is -0.137. The van der Waals surface area contributed by atoms with Crippen LogP contribution < -0.4 is 16.4 Å². The maximum atomic E-state index is 11.9. The molecule has 11 nitrogen and oxygen atoms in total. The number of nitrogen functional groups attached to an aromatic ring is 1. The number of anilines is 2. The van der Waals surface area contributed by atoms with Crippen molar-refractivity contribution in [3.05, 3.63) is 42.5 Å². The molecule has 2 aromatic heterocycles. The molecular formula is C18H21N7O4. The molecule has 3 aromatic rings. The first-order valence-electron chi connectivity index (χ1n) is 8.98. The van der Waals surface area contributed by atoms with Crippen molar-refractivity contribution in [2.75, 3.05) is 18.1 Å². The highest BCUT2D eigenvalue weighted by atomic mass is 16.6. The van der Waals surface area contributed by atoms with Gasteiger partial charge in [0, 0.05) is 19.3 Å². The highest BCUT2D eigenvalue weighted by Gasteiger charge is 2.47. The zero-order valence-corrected chi connectivity index (χ0v) is 15.6. The summed E-state index contributed by atoms with van der Waals surface area (Å²) in [7, 11) is 1.43. The zero-order chi connectivity index (χ0) is 20.5. The van der Waals surface area contributed by atoms with E-state index in [1.165, 1.54) is 24.3 Å². The number of hydrogen-bond acceptors (Lipinski definition) is 9. The molecule has 152 valence electrons. The number of carbonyl (C=O) groups is 1. The zero-order valence-electron chi connectivity index (χ0n) is 15.6. The Morgan fingerprint density at radius 3 is 2.69 bits per heavy atom. The van der Waals surface area contributed by atoms with Gasteiger partial charge in [-0.2, -0.15) is 0 Å². The second-order valence-electron chi connectivity index (χ2n) is 6.68. The average molecular weight is 399 g/mol. The standard InChI is InChI=1S/C18H21N7O4/c1-20-17(28)14-12(26)13(27)18(29-14)25-8-24-11-15(22-7-23-16(11)25)21-6-9-2-4-10(19)5-3-9/h2-5,7-8,12-14,18,26-27H,6,19H2,1H3,(H,20,28)(H,21,22,23)/t12?,13-,14+,18-/m1/s1. The Morgan fingerprint density at radius 2 is 1.97 bits per heavy atom. The maximum Gasteiger partial charge on any atom is 0.251 e. The van der Waals surface area contributed by atoms with Crippen LogP contribution in [0.25, 0.3) is 11.2 Å². The molecule has 1 amide bonds. The maximum absolute atomic E-state index is 11.9. The van der Waals surface area contributed by atoms with Crippen molar-refractivity contribution >= 4 is 28.6 Å². The number of nitrogens with one attached hydrogen (secondary N) is 2. The van der Waals surface area contributed by atoms with Crippen LogP contribution in [0.1, 0.15) is 11.8 Å². The van der Waals surface area contributed by atoms with Crippen LogP contribution in [0.5, 0.6) is 0 Å². The minimum Gasteiger partial charge on any atom is -0.399 e. The number of fused-ring (bicyclic) bond motifs is 1. The Labute approximate surface area is 165 Å². The summed E-state index contributed by atoms with van der Waals surface area (Å²) in [5.41, 5.74) is 8.26. The first-order valence-corrected chi connectivity index (χ1v) is 8.98. The van der Waals surface area contributed by atoms with E-state index in [-0.39, 0.29) is 0 Å². The van der Waals surface area contributed by atoms with Crippen LogP contribution in [-0.4, -0.2) is 61.0 Å². The molecule has 1 saturated heterocycles. The van der Waals surface area contributed by atoms with Crippen molar-refractivity contribution in [3.8, 4) is 0 Å². The molecule has 1 fully saturated rings. The molecule has 0 aliphatic carbocycles. The molecule has 0 saturated carbocycles. The second-order valence-corrected chi connectivity index (χ2v) is 6.68. The fourth-order valence-corrected chi connectivity index (χ4v) is 3.24. The van der Waals surface area contributed by atoms with Crippen LogP contribution >= 0.6 is 0 Å². The summed E-state index contributed by atoms with van der Waals surface area (Å²) in [6, 6.07) is 7.44. The van der Waals surface area contributed by atoms with Crippen LogP contribution in [-0.2, 0) is 16.1 Å². The van der Waals surface area contributed by atoms with Gasteiger partial charge in [-0.3, -0.25) is 9.36 Å². The van der Waals surface area contributed by atoms with Gasteiger partial charge in [0.1, 0.15) is 18.5 Å². The van der Waals surface area contributed by atoms with Crippen LogP contribution in [0.4, 0.5) is 11.5 Å². The van der Waals surface area contributed by atoms with E-state index in [0.29, 0.717) is 29.2 Å². The molecule has 29 heavy (non-hydrogen) atoms. The number of aliphatic hydroxyl groups is 2. The Balaban J connectivity index is 1.59. The third-order valence-corrected chi connectivity index (χ3v) is 4.82. The van der Waals surface area contributed by atoms with Gasteiger partial charge in [-0.1, -0.05) is 12.1 Å². The smallest absolute Gasteiger partial charge is 0.251 e. The minimum atomic E-state index is -1.37. The molecule has 1 aliphatic rings. The number of ether oxygens (including phenoxy) is 1. The summed E-state index contributed by atoms with van der Waals surface area (Å²) >= 11 is 0. The molecule has 4 rings (SSSR count). The summed E-state index contributed by atoms with van der Waals surface area (Å²) in [6.07, 6.45) is -2.11. The third kappa shape index (κ3) is 3.46. The van der Waals surface area contributed by atoms with Crippen LogP contribution in [0.2, 0.25) is 0 Å². The van der Waals surface area contributed by atoms with Gasteiger partial charge in [0.05, 0.1) is 6.33 Å². The Kier molecular flexibility index (Phi) is 5.01. The lowest BCUT2D eigenvalue weighted by Crippen LogP contribution is -2.41. The van der Waals surface area contributed by atoms with Gasteiger partial charge in [0.15, 0.2) is 29.3 Å². The quantitative estimate of drug-likeness (QED) is 0.352. The van der Waals surface area contributed by atoms with Gasteiger partial charge in [0.25, 0.3) is 5.91 Å². The molecule has 1 aliphatic heterocycles. The molecule has 0 spiro atoms. The number of imidazole rings is 1. The molecule has 1 unspecified atom stereocenters. The third-order valence-electron chi connectivity index (χ3n) is 4.82. The topological polar surface area (TPSA) is 160 Å². The van der Waals surface area contributed by atoms with Crippen molar-refractivity contribution in [1.29, 1.82) is 0 Å².